The smallest absolute Gasteiger partial charge is 0.311 e. The standard InChI is InChI=1S/C15H21N3O4/c1-3-22-14-5-4-11(9-13(14)18(20)21)15(19)17-12-6-7-16-10(2)8-12/h4-5,9-10,12,16H,3,6-8H2,1-2H3,(H,17,19). The first-order valence-electron chi connectivity index (χ1n) is 7.46. The van der Waals surface area contributed by atoms with Gasteiger partial charge in [0, 0.05) is 23.7 Å². The normalized spacial score (nSPS) is 21.2. The van der Waals surface area contributed by atoms with Gasteiger partial charge in [0.2, 0.25) is 0 Å². The van der Waals surface area contributed by atoms with Gasteiger partial charge in [0.15, 0.2) is 5.75 Å². The second-order valence-electron chi connectivity index (χ2n) is 5.42. The van der Waals surface area contributed by atoms with Crippen molar-refractivity contribution in [2.75, 3.05) is 13.2 Å². The van der Waals surface area contributed by atoms with Gasteiger partial charge in [0.05, 0.1) is 11.5 Å². The van der Waals surface area contributed by atoms with E-state index in [-0.39, 0.29) is 28.9 Å². The average molecular weight is 307 g/mol. The monoisotopic (exact) mass is 307 g/mol. The molecule has 1 aromatic carbocycles. The highest BCUT2D eigenvalue weighted by Crippen LogP contribution is 2.28. The predicted molar refractivity (Wildman–Crippen MR) is 82.2 cm³/mol. The van der Waals surface area contributed by atoms with Gasteiger partial charge in [-0.3, -0.25) is 14.9 Å². The first-order valence-corrected chi connectivity index (χ1v) is 7.46. The number of benzene rings is 1. The lowest BCUT2D eigenvalue weighted by Crippen LogP contribution is -2.46. The van der Waals surface area contributed by atoms with E-state index in [2.05, 4.69) is 17.6 Å². The molecule has 0 aromatic heterocycles. The van der Waals surface area contributed by atoms with Gasteiger partial charge >= 0.3 is 5.69 Å². The minimum Gasteiger partial charge on any atom is -0.487 e. The molecule has 1 aliphatic heterocycles. The summed E-state index contributed by atoms with van der Waals surface area (Å²) in [5.74, 6) is -0.107. The zero-order valence-electron chi connectivity index (χ0n) is 12.8. The quantitative estimate of drug-likeness (QED) is 0.640. The number of ether oxygens (including phenoxy) is 1. The third-order valence-electron chi connectivity index (χ3n) is 3.68. The number of hydrogen-bond acceptors (Lipinski definition) is 5. The van der Waals surface area contributed by atoms with Crippen molar-refractivity contribution in [2.24, 2.45) is 0 Å². The fourth-order valence-corrected chi connectivity index (χ4v) is 2.61. The molecular formula is C15H21N3O4. The lowest BCUT2D eigenvalue weighted by molar-refractivity contribution is -0.385. The summed E-state index contributed by atoms with van der Waals surface area (Å²) >= 11 is 0. The molecule has 2 atom stereocenters. The molecule has 22 heavy (non-hydrogen) atoms. The van der Waals surface area contributed by atoms with Crippen molar-refractivity contribution in [1.82, 2.24) is 10.6 Å². The molecule has 7 nitrogen and oxygen atoms in total. The van der Waals surface area contributed by atoms with E-state index in [1.165, 1.54) is 12.1 Å². The maximum absolute atomic E-state index is 12.3. The fourth-order valence-electron chi connectivity index (χ4n) is 2.61. The number of hydrogen-bond donors (Lipinski definition) is 2. The van der Waals surface area contributed by atoms with Gasteiger partial charge in [0.1, 0.15) is 0 Å². The summed E-state index contributed by atoms with van der Waals surface area (Å²) in [5, 5.41) is 17.3. The van der Waals surface area contributed by atoms with Crippen molar-refractivity contribution >= 4 is 11.6 Å². The number of nitro benzene ring substituents is 1. The summed E-state index contributed by atoms with van der Waals surface area (Å²) in [5.41, 5.74) is 0.0921. The van der Waals surface area contributed by atoms with Crippen LogP contribution in [-0.2, 0) is 0 Å². The number of carbonyl (C=O) groups is 1. The highest BCUT2D eigenvalue weighted by atomic mass is 16.6. The third-order valence-corrected chi connectivity index (χ3v) is 3.68. The van der Waals surface area contributed by atoms with Gasteiger partial charge in [-0.1, -0.05) is 0 Å². The Morgan fingerprint density at radius 1 is 1.55 bits per heavy atom. The molecule has 1 aromatic rings. The zero-order chi connectivity index (χ0) is 16.1. The Kier molecular flexibility index (Phi) is 5.32. The third kappa shape index (κ3) is 3.94. The Bertz CT molecular complexity index is 562. The number of carbonyl (C=O) groups excluding carboxylic acids is 1. The van der Waals surface area contributed by atoms with Gasteiger partial charge in [0.25, 0.3) is 5.91 Å². The summed E-state index contributed by atoms with van der Waals surface area (Å²) < 4.78 is 5.22. The van der Waals surface area contributed by atoms with Crippen molar-refractivity contribution in [3.8, 4) is 5.75 Å². The number of nitrogens with zero attached hydrogens (tertiary/aromatic N) is 1. The van der Waals surface area contributed by atoms with Crippen molar-refractivity contribution in [3.63, 3.8) is 0 Å². The number of nitro groups is 1. The zero-order valence-corrected chi connectivity index (χ0v) is 12.8. The molecule has 1 aliphatic rings. The highest BCUT2D eigenvalue weighted by molar-refractivity contribution is 5.95. The summed E-state index contributed by atoms with van der Waals surface area (Å²) in [7, 11) is 0. The highest BCUT2D eigenvalue weighted by Gasteiger charge is 2.23. The van der Waals surface area contributed by atoms with Crippen LogP contribution in [0.4, 0.5) is 5.69 Å². The molecule has 1 fully saturated rings. The van der Waals surface area contributed by atoms with E-state index in [1.807, 2.05) is 0 Å². The lowest BCUT2D eigenvalue weighted by Gasteiger charge is -2.28. The van der Waals surface area contributed by atoms with Gasteiger partial charge in [-0.05, 0) is 45.4 Å². The predicted octanol–water partition coefficient (Wildman–Crippen LogP) is 1.86. The maximum atomic E-state index is 12.3. The molecule has 1 amide bonds. The first-order chi connectivity index (χ1) is 10.5. The van der Waals surface area contributed by atoms with E-state index >= 15 is 0 Å². The van der Waals surface area contributed by atoms with Crippen LogP contribution in [0.25, 0.3) is 0 Å². The molecule has 0 radical (unpaired) electrons. The van der Waals surface area contributed by atoms with E-state index in [0.29, 0.717) is 12.6 Å². The Balaban J connectivity index is 2.12. The van der Waals surface area contributed by atoms with E-state index in [9.17, 15) is 14.9 Å². The van der Waals surface area contributed by atoms with Crippen molar-refractivity contribution in [1.29, 1.82) is 0 Å². The fraction of sp³-hybridized carbons (Fsp3) is 0.533. The molecule has 0 bridgehead atoms. The summed E-state index contributed by atoms with van der Waals surface area (Å²) in [6.45, 7) is 5.01. The Morgan fingerprint density at radius 3 is 2.95 bits per heavy atom. The van der Waals surface area contributed by atoms with Gasteiger partial charge < -0.3 is 15.4 Å². The van der Waals surface area contributed by atoms with Gasteiger partial charge in [-0.25, -0.2) is 0 Å². The van der Waals surface area contributed by atoms with Crippen LogP contribution in [0.5, 0.6) is 5.75 Å². The van der Waals surface area contributed by atoms with Crippen molar-refractivity contribution < 1.29 is 14.5 Å². The Morgan fingerprint density at radius 2 is 2.32 bits per heavy atom. The molecule has 120 valence electrons. The van der Waals surface area contributed by atoms with E-state index in [4.69, 9.17) is 4.74 Å². The molecule has 0 aliphatic carbocycles. The second-order valence-corrected chi connectivity index (χ2v) is 5.42. The molecule has 2 N–H and O–H groups in total. The molecule has 7 heteroatoms. The minimum atomic E-state index is -0.533. The molecule has 2 unspecified atom stereocenters. The number of piperidine rings is 1. The number of amides is 1. The Labute approximate surface area is 129 Å². The average Bonchev–Trinajstić information content (AvgIpc) is 2.47. The van der Waals surface area contributed by atoms with Gasteiger partial charge in [-0.2, -0.15) is 0 Å². The van der Waals surface area contributed by atoms with Crippen LogP contribution in [0, 0.1) is 10.1 Å². The van der Waals surface area contributed by atoms with E-state index in [1.54, 1.807) is 13.0 Å². The van der Waals surface area contributed by atoms with Crippen molar-refractivity contribution in [2.45, 2.75) is 38.8 Å². The number of rotatable bonds is 5. The van der Waals surface area contributed by atoms with Gasteiger partial charge in [-0.15, -0.1) is 0 Å². The molecular weight excluding hydrogens is 286 g/mol. The van der Waals surface area contributed by atoms with Crippen LogP contribution in [0.2, 0.25) is 0 Å². The van der Waals surface area contributed by atoms with Crippen LogP contribution in [0.3, 0.4) is 0 Å². The first kappa shape index (κ1) is 16.2. The number of nitrogens with one attached hydrogen (secondary N) is 2. The second kappa shape index (κ2) is 7.22. The minimum absolute atomic E-state index is 0.0920. The SMILES string of the molecule is CCOc1ccc(C(=O)NC2CCNC(C)C2)cc1[N+](=O)[O-]. The molecule has 0 spiro atoms. The largest absolute Gasteiger partial charge is 0.487 e. The van der Waals surface area contributed by atoms with Crippen molar-refractivity contribution in [3.05, 3.63) is 33.9 Å². The molecule has 1 saturated heterocycles. The molecule has 1 heterocycles. The molecule has 2 rings (SSSR count). The summed E-state index contributed by atoms with van der Waals surface area (Å²) in [6.07, 6.45) is 1.71. The van der Waals surface area contributed by atoms with E-state index in [0.717, 1.165) is 19.4 Å². The topological polar surface area (TPSA) is 93.5 Å². The van der Waals surface area contributed by atoms with Crippen LogP contribution in [0.1, 0.15) is 37.0 Å². The van der Waals surface area contributed by atoms with E-state index < -0.39 is 4.92 Å². The lowest BCUT2D eigenvalue weighted by atomic mass is 10.00. The van der Waals surface area contributed by atoms with Crippen LogP contribution in [-0.4, -0.2) is 36.1 Å². The van der Waals surface area contributed by atoms with Crippen LogP contribution < -0.4 is 15.4 Å². The Hall–Kier alpha value is -2.15. The van der Waals surface area contributed by atoms with Crippen LogP contribution >= 0.6 is 0 Å². The van der Waals surface area contributed by atoms with Crippen LogP contribution in [0.15, 0.2) is 18.2 Å². The maximum Gasteiger partial charge on any atom is 0.311 e. The molecule has 0 saturated carbocycles. The summed E-state index contributed by atoms with van der Waals surface area (Å²) in [4.78, 5) is 22.8. The summed E-state index contributed by atoms with van der Waals surface area (Å²) in [6, 6.07) is 4.74.